The average molecular weight is 323 g/mol. The Bertz CT molecular complexity index is 724. The molecule has 0 radical (unpaired) electrons. The van der Waals surface area contributed by atoms with Crippen LogP contribution in [0.4, 0.5) is 18.9 Å². The number of carbonyl (C=O) groups excluding carboxylic acids is 2. The van der Waals surface area contributed by atoms with Gasteiger partial charge in [0.05, 0.1) is 11.1 Å². The highest BCUT2D eigenvalue weighted by atomic mass is 19.4. The van der Waals surface area contributed by atoms with E-state index in [0.29, 0.717) is 5.69 Å². The van der Waals surface area contributed by atoms with Crippen molar-refractivity contribution >= 4 is 17.6 Å². The Labute approximate surface area is 129 Å². The standard InChI is InChI=1S/C16H12F3NO3/c1-10(21)20-11-6-8-12(9-7-11)23-15(22)13-4-2-3-5-14(13)16(17,18)19/h2-9H,1H3,(H,20,21). The second-order valence-corrected chi connectivity index (χ2v) is 4.64. The first-order valence-electron chi connectivity index (χ1n) is 6.53. The monoisotopic (exact) mass is 323 g/mol. The summed E-state index contributed by atoms with van der Waals surface area (Å²) >= 11 is 0. The molecule has 2 aromatic rings. The molecule has 0 bridgehead atoms. The summed E-state index contributed by atoms with van der Waals surface area (Å²) in [6.07, 6.45) is -4.65. The summed E-state index contributed by atoms with van der Waals surface area (Å²) in [7, 11) is 0. The van der Waals surface area contributed by atoms with Gasteiger partial charge in [0.15, 0.2) is 0 Å². The van der Waals surface area contributed by atoms with Gasteiger partial charge in [-0.2, -0.15) is 13.2 Å². The lowest BCUT2D eigenvalue weighted by molar-refractivity contribution is -0.138. The van der Waals surface area contributed by atoms with E-state index in [1.807, 2.05) is 0 Å². The molecule has 2 aromatic carbocycles. The van der Waals surface area contributed by atoms with Crippen LogP contribution < -0.4 is 10.1 Å². The van der Waals surface area contributed by atoms with Crippen molar-refractivity contribution in [1.82, 2.24) is 0 Å². The van der Waals surface area contributed by atoms with Gasteiger partial charge in [-0.05, 0) is 36.4 Å². The van der Waals surface area contributed by atoms with Crippen LogP contribution in [0.15, 0.2) is 48.5 Å². The van der Waals surface area contributed by atoms with Gasteiger partial charge in [-0.3, -0.25) is 4.79 Å². The highest BCUT2D eigenvalue weighted by Gasteiger charge is 2.35. The van der Waals surface area contributed by atoms with E-state index in [0.717, 1.165) is 12.1 Å². The van der Waals surface area contributed by atoms with Crippen LogP contribution in [-0.4, -0.2) is 11.9 Å². The quantitative estimate of drug-likeness (QED) is 0.689. The topological polar surface area (TPSA) is 55.4 Å². The van der Waals surface area contributed by atoms with Crippen LogP contribution in [0.25, 0.3) is 0 Å². The zero-order valence-electron chi connectivity index (χ0n) is 12.0. The predicted molar refractivity (Wildman–Crippen MR) is 77.1 cm³/mol. The van der Waals surface area contributed by atoms with Crippen LogP contribution in [0.3, 0.4) is 0 Å². The van der Waals surface area contributed by atoms with Gasteiger partial charge < -0.3 is 10.1 Å². The van der Waals surface area contributed by atoms with Crippen molar-refractivity contribution in [3.8, 4) is 5.75 Å². The van der Waals surface area contributed by atoms with E-state index in [9.17, 15) is 22.8 Å². The summed E-state index contributed by atoms with van der Waals surface area (Å²) in [5.41, 5.74) is -1.14. The van der Waals surface area contributed by atoms with Crippen molar-refractivity contribution in [3.05, 3.63) is 59.7 Å². The van der Waals surface area contributed by atoms with E-state index in [1.165, 1.54) is 43.3 Å². The fourth-order valence-corrected chi connectivity index (χ4v) is 1.88. The molecule has 23 heavy (non-hydrogen) atoms. The molecule has 0 aliphatic rings. The Morgan fingerprint density at radius 1 is 1.00 bits per heavy atom. The van der Waals surface area contributed by atoms with Gasteiger partial charge >= 0.3 is 12.1 Å². The molecule has 0 saturated carbocycles. The lowest BCUT2D eigenvalue weighted by Crippen LogP contribution is -2.16. The van der Waals surface area contributed by atoms with Gasteiger partial charge in [0.25, 0.3) is 0 Å². The summed E-state index contributed by atoms with van der Waals surface area (Å²) in [5.74, 6) is -1.31. The number of hydrogen-bond donors (Lipinski definition) is 1. The second kappa shape index (κ2) is 6.51. The zero-order chi connectivity index (χ0) is 17.0. The molecule has 0 aliphatic carbocycles. The number of halogens is 3. The molecule has 2 rings (SSSR count). The molecule has 1 amide bonds. The third-order valence-electron chi connectivity index (χ3n) is 2.84. The van der Waals surface area contributed by atoms with Crippen LogP contribution in [0.1, 0.15) is 22.8 Å². The number of rotatable bonds is 3. The lowest BCUT2D eigenvalue weighted by Gasteiger charge is -2.12. The van der Waals surface area contributed by atoms with Crippen LogP contribution in [-0.2, 0) is 11.0 Å². The van der Waals surface area contributed by atoms with E-state index in [-0.39, 0.29) is 11.7 Å². The molecule has 0 saturated heterocycles. The van der Waals surface area contributed by atoms with Gasteiger partial charge in [0.1, 0.15) is 5.75 Å². The first kappa shape index (κ1) is 16.5. The van der Waals surface area contributed by atoms with E-state index in [2.05, 4.69) is 5.32 Å². The average Bonchev–Trinajstić information content (AvgIpc) is 2.48. The predicted octanol–water partition coefficient (Wildman–Crippen LogP) is 3.88. The van der Waals surface area contributed by atoms with Gasteiger partial charge in [-0.1, -0.05) is 12.1 Å². The van der Waals surface area contributed by atoms with Gasteiger partial charge in [-0.25, -0.2) is 4.79 Å². The van der Waals surface area contributed by atoms with Gasteiger partial charge in [0.2, 0.25) is 5.91 Å². The van der Waals surface area contributed by atoms with Crippen molar-refractivity contribution in [1.29, 1.82) is 0 Å². The molecule has 4 nitrogen and oxygen atoms in total. The highest BCUT2D eigenvalue weighted by Crippen LogP contribution is 2.32. The van der Waals surface area contributed by atoms with Crippen LogP contribution >= 0.6 is 0 Å². The minimum atomic E-state index is -4.65. The molecular formula is C16H12F3NO3. The molecule has 0 heterocycles. The Morgan fingerprint density at radius 3 is 2.17 bits per heavy atom. The van der Waals surface area contributed by atoms with E-state index in [4.69, 9.17) is 4.74 Å². The molecule has 0 spiro atoms. The summed E-state index contributed by atoms with van der Waals surface area (Å²) in [4.78, 5) is 22.8. The molecule has 0 unspecified atom stereocenters. The molecule has 1 N–H and O–H groups in total. The van der Waals surface area contributed by atoms with Crippen molar-refractivity contribution in [2.24, 2.45) is 0 Å². The maximum Gasteiger partial charge on any atom is 0.417 e. The third kappa shape index (κ3) is 4.32. The van der Waals surface area contributed by atoms with Crippen LogP contribution in [0.5, 0.6) is 5.75 Å². The van der Waals surface area contributed by atoms with Gasteiger partial charge in [-0.15, -0.1) is 0 Å². The van der Waals surface area contributed by atoms with Crippen LogP contribution in [0.2, 0.25) is 0 Å². The number of amides is 1. The number of alkyl halides is 3. The number of hydrogen-bond acceptors (Lipinski definition) is 3. The minimum Gasteiger partial charge on any atom is -0.423 e. The molecule has 0 aliphatic heterocycles. The molecule has 7 heteroatoms. The zero-order valence-corrected chi connectivity index (χ0v) is 12.0. The fourth-order valence-electron chi connectivity index (χ4n) is 1.88. The second-order valence-electron chi connectivity index (χ2n) is 4.64. The number of carbonyl (C=O) groups is 2. The Morgan fingerprint density at radius 2 is 1.61 bits per heavy atom. The Kier molecular flexibility index (Phi) is 4.68. The van der Waals surface area contributed by atoms with E-state index in [1.54, 1.807) is 0 Å². The van der Waals surface area contributed by atoms with Crippen molar-refractivity contribution < 1.29 is 27.5 Å². The summed E-state index contributed by atoms with van der Waals surface area (Å²) in [5, 5.41) is 2.52. The Balaban J connectivity index is 2.18. The first-order chi connectivity index (χ1) is 10.8. The number of ether oxygens (including phenoxy) is 1. The van der Waals surface area contributed by atoms with Crippen molar-refractivity contribution in [2.75, 3.05) is 5.32 Å². The molecule has 120 valence electrons. The lowest BCUT2D eigenvalue weighted by atomic mass is 10.1. The largest absolute Gasteiger partial charge is 0.423 e. The maximum absolute atomic E-state index is 12.9. The third-order valence-corrected chi connectivity index (χ3v) is 2.84. The number of esters is 1. The minimum absolute atomic E-state index is 0.0704. The number of benzene rings is 2. The van der Waals surface area contributed by atoms with Crippen molar-refractivity contribution in [2.45, 2.75) is 13.1 Å². The Hall–Kier alpha value is -2.83. The van der Waals surface area contributed by atoms with Gasteiger partial charge in [0, 0.05) is 12.6 Å². The molecule has 0 fully saturated rings. The van der Waals surface area contributed by atoms with E-state index < -0.39 is 23.3 Å². The molecular weight excluding hydrogens is 311 g/mol. The van der Waals surface area contributed by atoms with Crippen LogP contribution in [0, 0.1) is 0 Å². The summed E-state index contributed by atoms with van der Waals surface area (Å²) in [6, 6.07) is 10.1. The highest BCUT2D eigenvalue weighted by molar-refractivity contribution is 5.93. The molecule has 0 atom stereocenters. The summed E-state index contributed by atoms with van der Waals surface area (Å²) < 4.78 is 43.6. The van der Waals surface area contributed by atoms with Crippen molar-refractivity contribution in [3.63, 3.8) is 0 Å². The normalized spacial score (nSPS) is 11.0. The fraction of sp³-hybridized carbons (Fsp3) is 0.125. The smallest absolute Gasteiger partial charge is 0.417 e. The number of anilines is 1. The number of nitrogens with one attached hydrogen (secondary N) is 1. The molecule has 0 aromatic heterocycles. The maximum atomic E-state index is 12.9. The first-order valence-corrected chi connectivity index (χ1v) is 6.53. The SMILES string of the molecule is CC(=O)Nc1ccc(OC(=O)c2ccccc2C(F)(F)F)cc1. The van der Waals surface area contributed by atoms with E-state index >= 15 is 0 Å². The summed E-state index contributed by atoms with van der Waals surface area (Å²) in [6.45, 7) is 1.34.